The van der Waals surface area contributed by atoms with E-state index in [1.54, 1.807) is 12.4 Å². The number of ether oxygens (including phenoxy) is 1. The van der Waals surface area contributed by atoms with Crippen LogP contribution in [0.4, 0.5) is 0 Å². The standard InChI is InChI=1S/C25H29N5O2/c1-3-22(27)25(31)29-23-9-7-18-6-8-20(11-21(18)23)32-24-10-17(4-5-19(24)12-26)14-30-15-28-13-16(30)2/h4-6,8,10-11,13,15,22-23,25,29,31H,3,7,9,14,27H2,1-2H3/t22-,23?,25?/m0/s1. The summed E-state index contributed by atoms with van der Waals surface area (Å²) in [7, 11) is 0. The van der Waals surface area contributed by atoms with Gasteiger partial charge in [-0.25, -0.2) is 4.98 Å². The fourth-order valence-corrected chi connectivity index (χ4v) is 4.09. The number of nitrogens with zero attached hydrogens (tertiary/aromatic N) is 3. The minimum Gasteiger partial charge on any atom is -0.456 e. The number of nitrogens with one attached hydrogen (secondary N) is 1. The van der Waals surface area contributed by atoms with Crippen molar-refractivity contribution in [2.45, 2.75) is 58.0 Å². The van der Waals surface area contributed by atoms with Gasteiger partial charge in [0.2, 0.25) is 0 Å². The van der Waals surface area contributed by atoms with Gasteiger partial charge in [-0.3, -0.25) is 5.32 Å². The molecule has 1 aliphatic carbocycles. The third kappa shape index (κ3) is 4.68. The van der Waals surface area contributed by atoms with Gasteiger partial charge in [0.25, 0.3) is 0 Å². The van der Waals surface area contributed by atoms with Crippen molar-refractivity contribution in [1.82, 2.24) is 14.9 Å². The number of fused-ring (bicyclic) bond motifs is 1. The fourth-order valence-electron chi connectivity index (χ4n) is 4.09. The second kappa shape index (κ2) is 9.53. The number of nitrogens with two attached hydrogens (primary N) is 1. The van der Waals surface area contributed by atoms with Gasteiger partial charge in [-0.05, 0) is 67.1 Å². The van der Waals surface area contributed by atoms with Gasteiger partial charge in [0, 0.05) is 30.5 Å². The first-order chi connectivity index (χ1) is 15.5. The van der Waals surface area contributed by atoms with Crippen molar-refractivity contribution in [2.24, 2.45) is 5.73 Å². The average molecular weight is 432 g/mol. The van der Waals surface area contributed by atoms with Gasteiger partial charge in [0.15, 0.2) is 0 Å². The molecule has 0 spiro atoms. The summed E-state index contributed by atoms with van der Waals surface area (Å²) in [5.74, 6) is 1.19. The zero-order valence-corrected chi connectivity index (χ0v) is 18.5. The molecule has 0 bridgehead atoms. The molecule has 3 atom stereocenters. The molecule has 2 unspecified atom stereocenters. The van der Waals surface area contributed by atoms with Gasteiger partial charge in [-0.2, -0.15) is 5.26 Å². The summed E-state index contributed by atoms with van der Waals surface area (Å²) < 4.78 is 8.22. The first-order valence-electron chi connectivity index (χ1n) is 11.0. The summed E-state index contributed by atoms with van der Waals surface area (Å²) in [6.45, 7) is 4.62. The lowest BCUT2D eigenvalue weighted by Gasteiger charge is -2.23. The Morgan fingerprint density at radius 2 is 2.19 bits per heavy atom. The van der Waals surface area contributed by atoms with Gasteiger partial charge in [-0.15, -0.1) is 0 Å². The van der Waals surface area contributed by atoms with E-state index < -0.39 is 6.23 Å². The number of hydrogen-bond donors (Lipinski definition) is 3. The van der Waals surface area contributed by atoms with Crippen LogP contribution < -0.4 is 15.8 Å². The van der Waals surface area contributed by atoms with Gasteiger partial charge in [-0.1, -0.05) is 19.1 Å². The summed E-state index contributed by atoms with van der Waals surface area (Å²) in [5, 5.41) is 23.1. The van der Waals surface area contributed by atoms with Crippen molar-refractivity contribution in [3.63, 3.8) is 0 Å². The minimum absolute atomic E-state index is 0.0205. The Morgan fingerprint density at radius 1 is 1.34 bits per heavy atom. The normalized spacial score (nSPS) is 16.9. The molecule has 166 valence electrons. The molecule has 0 radical (unpaired) electrons. The van der Waals surface area contributed by atoms with E-state index in [0.717, 1.165) is 29.7 Å². The van der Waals surface area contributed by atoms with E-state index in [1.807, 2.05) is 48.9 Å². The highest BCUT2D eigenvalue weighted by Crippen LogP contribution is 2.36. The predicted octanol–water partition coefficient (Wildman–Crippen LogP) is 3.54. The molecule has 7 nitrogen and oxygen atoms in total. The monoisotopic (exact) mass is 431 g/mol. The molecule has 3 aromatic rings. The molecule has 0 aliphatic heterocycles. The number of benzene rings is 2. The number of aliphatic hydroxyl groups excluding tert-OH is 1. The molecule has 0 amide bonds. The number of aryl methyl sites for hydroxylation is 2. The first-order valence-corrected chi connectivity index (χ1v) is 11.0. The van der Waals surface area contributed by atoms with Crippen LogP contribution in [0.5, 0.6) is 11.5 Å². The predicted molar refractivity (Wildman–Crippen MR) is 122 cm³/mol. The van der Waals surface area contributed by atoms with Crippen LogP contribution in [0.2, 0.25) is 0 Å². The van der Waals surface area contributed by atoms with Crippen molar-refractivity contribution < 1.29 is 9.84 Å². The quantitative estimate of drug-likeness (QED) is 0.471. The molecular weight excluding hydrogens is 402 g/mol. The molecule has 2 aromatic carbocycles. The lowest BCUT2D eigenvalue weighted by Crippen LogP contribution is -2.45. The van der Waals surface area contributed by atoms with Crippen molar-refractivity contribution in [1.29, 1.82) is 5.26 Å². The molecule has 0 saturated heterocycles. The largest absolute Gasteiger partial charge is 0.456 e. The Balaban J connectivity index is 1.55. The Kier molecular flexibility index (Phi) is 6.56. The van der Waals surface area contributed by atoms with E-state index in [9.17, 15) is 10.4 Å². The molecule has 0 saturated carbocycles. The van der Waals surface area contributed by atoms with Crippen LogP contribution in [-0.2, 0) is 13.0 Å². The molecule has 32 heavy (non-hydrogen) atoms. The number of hydrogen-bond acceptors (Lipinski definition) is 6. The third-order valence-corrected chi connectivity index (χ3v) is 6.11. The lowest BCUT2D eigenvalue weighted by atomic mass is 10.1. The zero-order valence-electron chi connectivity index (χ0n) is 18.5. The summed E-state index contributed by atoms with van der Waals surface area (Å²) in [5.41, 5.74) is 10.9. The zero-order chi connectivity index (χ0) is 22.7. The van der Waals surface area contributed by atoms with Gasteiger partial charge < -0.3 is 20.1 Å². The maximum absolute atomic E-state index is 10.3. The van der Waals surface area contributed by atoms with E-state index >= 15 is 0 Å². The van der Waals surface area contributed by atoms with E-state index in [0.29, 0.717) is 30.0 Å². The topological polar surface area (TPSA) is 109 Å². The van der Waals surface area contributed by atoms with Crippen LogP contribution in [-0.4, -0.2) is 26.9 Å². The minimum atomic E-state index is -0.756. The molecule has 4 N–H and O–H groups in total. The van der Waals surface area contributed by atoms with Gasteiger partial charge >= 0.3 is 0 Å². The molecule has 1 heterocycles. The molecular formula is C25H29N5O2. The second-order valence-electron chi connectivity index (χ2n) is 8.34. The van der Waals surface area contributed by atoms with Crippen LogP contribution in [0.25, 0.3) is 0 Å². The maximum Gasteiger partial charge on any atom is 0.145 e. The van der Waals surface area contributed by atoms with Gasteiger partial charge in [0.05, 0.1) is 11.9 Å². The first kappa shape index (κ1) is 22.0. The number of aromatic nitrogens is 2. The average Bonchev–Trinajstić information content (AvgIpc) is 3.39. The number of imidazole rings is 1. The van der Waals surface area contributed by atoms with Crippen molar-refractivity contribution in [3.05, 3.63) is 76.9 Å². The van der Waals surface area contributed by atoms with E-state index in [1.165, 1.54) is 5.56 Å². The summed E-state index contributed by atoms with van der Waals surface area (Å²) in [6, 6.07) is 13.6. The van der Waals surface area contributed by atoms with Gasteiger partial charge in [0.1, 0.15) is 23.8 Å². The number of nitriles is 1. The molecule has 0 fully saturated rings. The third-order valence-electron chi connectivity index (χ3n) is 6.11. The van der Waals surface area contributed by atoms with Crippen LogP contribution in [0, 0.1) is 18.3 Å². The summed E-state index contributed by atoms with van der Waals surface area (Å²) in [6.07, 6.45) is 5.39. The van der Waals surface area contributed by atoms with Crippen molar-refractivity contribution >= 4 is 0 Å². The van der Waals surface area contributed by atoms with E-state index in [4.69, 9.17) is 10.5 Å². The SMILES string of the molecule is CC[C@H](N)C(O)NC1CCc2ccc(Oc3cc(Cn4cncc4C)ccc3C#N)cc21. The highest BCUT2D eigenvalue weighted by Gasteiger charge is 2.26. The van der Waals surface area contributed by atoms with Crippen LogP contribution >= 0.6 is 0 Å². The van der Waals surface area contributed by atoms with E-state index in [-0.39, 0.29) is 12.1 Å². The van der Waals surface area contributed by atoms with Crippen LogP contribution in [0.3, 0.4) is 0 Å². The smallest absolute Gasteiger partial charge is 0.145 e. The Bertz CT molecular complexity index is 1130. The van der Waals surface area contributed by atoms with Crippen LogP contribution in [0.1, 0.15) is 53.8 Å². The van der Waals surface area contributed by atoms with E-state index in [2.05, 4.69) is 22.4 Å². The summed E-state index contributed by atoms with van der Waals surface area (Å²) >= 11 is 0. The lowest BCUT2D eigenvalue weighted by molar-refractivity contribution is 0.0935. The Hall–Kier alpha value is -3.18. The Morgan fingerprint density at radius 3 is 2.91 bits per heavy atom. The second-order valence-corrected chi connectivity index (χ2v) is 8.34. The maximum atomic E-state index is 10.3. The molecule has 7 heteroatoms. The molecule has 1 aromatic heterocycles. The fraction of sp³-hybridized carbons (Fsp3) is 0.360. The van der Waals surface area contributed by atoms with Crippen molar-refractivity contribution in [2.75, 3.05) is 0 Å². The highest BCUT2D eigenvalue weighted by molar-refractivity contribution is 5.49. The molecule has 1 aliphatic rings. The van der Waals surface area contributed by atoms with Crippen LogP contribution in [0.15, 0.2) is 48.9 Å². The van der Waals surface area contributed by atoms with Crippen molar-refractivity contribution in [3.8, 4) is 17.6 Å². The highest BCUT2D eigenvalue weighted by atomic mass is 16.5. The number of aliphatic hydroxyl groups is 1. The molecule has 4 rings (SSSR count). The number of rotatable bonds is 8. The Labute approximate surface area is 188 Å². The summed E-state index contributed by atoms with van der Waals surface area (Å²) in [4.78, 5) is 4.17.